The van der Waals surface area contributed by atoms with Crippen LogP contribution in [0.25, 0.3) is 10.9 Å². The Hall–Kier alpha value is -3.14. The summed E-state index contributed by atoms with van der Waals surface area (Å²) in [6, 6.07) is 8.25. The van der Waals surface area contributed by atoms with Gasteiger partial charge in [0.2, 0.25) is 5.91 Å². The van der Waals surface area contributed by atoms with Crippen LogP contribution in [0.3, 0.4) is 0 Å². The highest BCUT2D eigenvalue weighted by Gasteiger charge is 2.33. The first-order chi connectivity index (χ1) is 16.7. The summed E-state index contributed by atoms with van der Waals surface area (Å²) in [5.41, 5.74) is -0.325. The van der Waals surface area contributed by atoms with Crippen molar-refractivity contribution in [3.05, 3.63) is 63.3 Å². The molecule has 0 atom stereocenters. The van der Waals surface area contributed by atoms with Crippen molar-refractivity contribution in [1.29, 1.82) is 0 Å². The van der Waals surface area contributed by atoms with E-state index in [1.54, 1.807) is 26.5 Å². The lowest BCUT2D eigenvalue weighted by molar-refractivity contribution is -0.137. The highest BCUT2D eigenvalue weighted by atomic mass is 35.5. The molecule has 2 fully saturated rings. The van der Waals surface area contributed by atoms with Gasteiger partial charge < -0.3 is 9.80 Å². The number of hydrogen-bond acceptors (Lipinski definition) is 5. The Labute approximate surface area is 204 Å². The third-order valence-electron chi connectivity index (χ3n) is 6.44. The van der Waals surface area contributed by atoms with Gasteiger partial charge in [-0.05, 0) is 31.0 Å². The molecule has 1 aromatic carbocycles. The smallest absolute Gasteiger partial charge is 0.352 e. The van der Waals surface area contributed by atoms with E-state index in [-0.39, 0.29) is 34.8 Å². The summed E-state index contributed by atoms with van der Waals surface area (Å²) in [5, 5.41) is 0.515. The van der Waals surface area contributed by atoms with E-state index in [0.29, 0.717) is 49.3 Å². The first kappa shape index (κ1) is 23.6. The molecular weight excluding hydrogens is 483 g/mol. The molecule has 0 unspecified atom stereocenters. The van der Waals surface area contributed by atoms with Gasteiger partial charge >= 0.3 is 6.18 Å². The number of halogens is 4. The predicted octanol–water partition coefficient (Wildman–Crippen LogP) is 4.08. The first-order valence-electron chi connectivity index (χ1n) is 11.5. The van der Waals surface area contributed by atoms with Crippen LogP contribution in [-0.4, -0.2) is 51.5 Å². The SMILES string of the molecule is O=C(CCc1nc2ccccc2c(=O)n1C1CC1)N1CCN(c2ncc(C(F)(F)F)cc2Cl)CC1. The molecule has 35 heavy (non-hydrogen) atoms. The molecule has 1 aliphatic carbocycles. The highest BCUT2D eigenvalue weighted by molar-refractivity contribution is 6.33. The van der Waals surface area contributed by atoms with Crippen molar-refractivity contribution in [2.45, 2.75) is 37.9 Å². The number of alkyl halides is 3. The van der Waals surface area contributed by atoms with Gasteiger partial charge in [0.1, 0.15) is 11.6 Å². The van der Waals surface area contributed by atoms with Crippen molar-refractivity contribution >= 4 is 34.2 Å². The van der Waals surface area contributed by atoms with Crippen LogP contribution >= 0.6 is 11.6 Å². The fourth-order valence-electron chi connectivity index (χ4n) is 4.44. The Balaban J connectivity index is 1.23. The lowest BCUT2D eigenvalue weighted by Gasteiger charge is -2.36. The minimum absolute atomic E-state index is 0.0547. The number of rotatable bonds is 5. The normalized spacial score (nSPS) is 16.7. The van der Waals surface area contributed by atoms with E-state index in [4.69, 9.17) is 11.6 Å². The molecule has 2 aromatic heterocycles. The van der Waals surface area contributed by atoms with E-state index >= 15 is 0 Å². The van der Waals surface area contributed by atoms with Crippen LogP contribution in [0.5, 0.6) is 0 Å². The van der Waals surface area contributed by atoms with Crippen LogP contribution in [0.4, 0.5) is 19.0 Å². The Morgan fingerprint density at radius 2 is 1.83 bits per heavy atom. The van der Waals surface area contributed by atoms with E-state index < -0.39 is 11.7 Å². The third kappa shape index (κ3) is 4.84. The number of piperazine rings is 1. The molecule has 5 rings (SSSR count). The zero-order valence-corrected chi connectivity index (χ0v) is 19.5. The van der Waals surface area contributed by atoms with Crippen molar-refractivity contribution < 1.29 is 18.0 Å². The lowest BCUT2D eigenvalue weighted by atomic mass is 10.2. The molecule has 3 heterocycles. The molecule has 184 valence electrons. The van der Waals surface area contributed by atoms with Gasteiger partial charge in [-0.2, -0.15) is 13.2 Å². The maximum absolute atomic E-state index is 13.0. The van der Waals surface area contributed by atoms with Crippen LogP contribution in [-0.2, 0) is 17.4 Å². The van der Waals surface area contributed by atoms with Gasteiger partial charge in [0, 0.05) is 51.3 Å². The largest absolute Gasteiger partial charge is 0.417 e. The van der Waals surface area contributed by atoms with Crippen molar-refractivity contribution in [3.8, 4) is 0 Å². The number of amides is 1. The van der Waals surface area contributed by atoms with Crippen LogP contribution in [0.2, 0.25) is 5.02 Å². The molecule has 1 amide bonds. The zero-order valence-electron chi connectivity index (χ0n) is 18.8. The Bertz CT molecular complexity index is 1330. The molecule has 0 spiro atoms. The Kier molecular flexibility index (Phi) is 6.16. The van der Waals surface area contributed by atoms with Gasteiger partial charge in [0.25, 0.3) is 5.56 Å². The summed E-state index contributed by atoms with van der Waals surface area (Å²) < 4.78 is 40.3. The Morgan fingerprint density at radius 1 is 1.11 bits per heavy atom. The number of nitrogens with zero attached hydrogens (tertiary/aromatic N) is 5. The summed E-state index contributed by atoms with van der Waals surface area (Å²) >= 11 is 6.07. The van der Waals surface area contributed by atoms with Crippen molar-refractivity contribution in [3.63, 3.8) is 0 Å². The standard InChI is InChI=1S/C24H23ClF3N5O2/c25-18-13-15(24(26,27)28)14-29-22(18)32-11-9-31(10-12-32)21(34)8-7-20-30-19-4-2-1-3-17(19)23(35)33(20)16-5-6-16/h1-4,13-14,16H,5-12H2. The van der Waals surface area contributed by atoms with Gasteiger partial charge in [-0.3, -0.25) is 14.2 Å². The average molecular weight is 506 g/mol. The predicted molar refractivity (Wildman–Crippen MR) is 126 cm³/mol. The molecule has 2 aliphatic rings. The van der Waals surface area contributed by atoms with Crippen molar-refractivity contribution in [2.75, 3.05) is 31.1 Å². The van der Waals surface area contributed by atoms with E-state index in [1.165, 1.54) is 0 Å². The van der Waals surface area contributed by atoms with Crippen LogP contribution in [0.1, 0.15) is 36.7 Å². The molecule has 11 heteroatoms. The summed E-state index contributed by atoms with van der Waals surface area (Å²) in [4.78, 5) is 38.0. The quantitative estimate of drug-likeness (QED) is 0.522. The number of carbonyl (C=O) groups is 1. The van der Waals surface area contributed by atoms with Crippen molar-refractivity contribution in [2.24, 2.45) is 0 Å². The minimum Gasteiger partial charge on any atom is -0.352 e. The van der Waals surface area contributed by atoms with Crippen LogP contribution < -0.4 is 10.5 Å². The van der Waals surface area contributed by atoms with E-state index in [2.05, 4.69) is 9.97 Å². The van der Waals surface area contributed by atoms with E-state index in [9.17, 15) is 22.8 Å². The first-order valence-corrected chi connectivity index (χ1v) is 11.9. The lowest BCUT2D eigenvalue weighted by Crippen LogP contribution is -2.49. The fraction of sp³-hybridized carbons (Fsp3) is 0.417. The van der Waals surface area contributed by atoms with Gasteiger partial charge in [0.15, 0.2) is 0 Å². The van der Waals surface area contributed by atoms with E-state index in [1.807, 2.05) is 12.1 Å². The molecule has 0 bridgehead atoms. The number of hydrogen-bond donors (Lipinski definition) is 0. The summed E-state index contributed by atoms with van der Waals surface area (Å²) in [6.07, 6.45) is -1.29. The van der Waals surface area contributed by atoms with Crippen LogP contribution in [0, 0.1) is 0 Å². The number of benzene rings is 1. The second kappa shape index (κ2) is 9.14. The number of fused-ring (bicyclic) bond motifs is 1. The van der Waals surface area contributed by atoms with Crippen LogP contribution in [0.15, 0.2) is 41.3 Å². The maximum atomic E-state index is 13.0. The van der Waals surface area contributed by atoms with Gasteiger partial charge in [-0.25, -0.2) is 9.97 Å². The molecule has 7 nitrogen and oxygen atoms in total. The van der Waals surface area contributed by atoms with Gasteiger partial charge in [-0.15, -0.1) is 0 Å². The summed E-state index contributed by atoms with van der Waals surface area (Å²) in [5.74, 6) is 0.852. The summed E-state index contributed by atoms with van der Waals surface area (Å²) in [7, 11) is 0. The topological polar surface area (TPSA) is 71.3 Å². The number of aryl methyl sites for hydroxylation is 1. The molecule has 3 aromatic rings. The molecular formula is C24H23ClF3N5O2. The summed E-state index contributed by atoms with van der Waals surface area (Å²) in [6.45, 7) is 1.62. The molecule has 0 N–H and O–H groups in total. The zero-order chi connectivity index (χ0) is 24.7. The van der Waals surface area contributed by atoms with Crippen molar-refractivity contribution in [1.82, 2.24) is 19.4 Å². The second-order valence-corrected chi connectivity index (χ2v) is 9.25. The molecule has 1 aliphatic heterocycles. The second-order valence-electron chi connectivity index (χ2n) is 8.85. The van der Waals surface area contributed by atoms with Gasteiger partial charge in [-0.1, -0.05) is 23.7 Å². The highest BCUT2D eigenvalue weighted by Crippen LogP contribution is 2.35. The van der Waals surface area contributed by atoms with Gasteiger partial charge in [0.05, 0.1) is 21.5 Å². The number of carbonyl (C=O) groups excluding carboxylic acids is 1. The number of anilines is 1. The molecule has 1 saturated carbocycles. The number of pyridine rings is 1. The third-order valence-corrected chi connectivity index (χ3v) is 6.71. The maximum Gasteiger partial charge on any atom is 0.417 e. The Morgan fingerprint density at radius 3 is 2.49 bits per heavy atom. The molecule has 1 saturated heterocycles. The molecule has 0 radical (unpaired) electrons. The average Bonchev–Trinajstić information content (AvgIpc) is 3.67. The monoisotopic (exact) mass is 505 g/mol. The number of para-hydroxylation sites is 1. The minimum atomic E-state index is -4.51. The fourth-order valence-corrected chi connectivity index (χ4v) is 4.73. The van der Waals surface area contributed by atoms with E-state index in [0.717, 1.165) is 25.1 Å². The number of aromatic nitrogens is 3.